The zero-order valence-corrected chi connectivity index (χ0v) is 7.63. The number of carbonyl (C=O) groups excluding carboxylic acids is 1. The number of hydrogen-bond donors (Lipinski definition) is 0. The second-order valence-corrected chi connectivity index (χ2v) is 3.24. The first kappa shape index (κ1) is 8.98. The number of carbonyl (C=O) groups is 1. The topological polar surface area (TPSA) is 17.1 Å². The number of ketones is 1. The van der Waals surface area contributed by atoms with Crippen LogP contribution in [0.5, 0.6) is 0 Å². The lowest BCUT2D eigenvalue weighted by Crippen LogP contribution is -1.90. The van der Waals surface area contributed by atoms with Crippen molar-refractivity contribution in [3.8, 4) is 0 Å². The highest BCUT2D eigenvalue weighted by Crippen LogP contribution is 2.12. The number of Topliss-reactive ketones (excluding diaryl/α,β-unsaturated/α-hetero) is 1. The van der Waals surface area contributed by atoms with Gasteiger partial charge in [-0.3, -0.25) is 4.79 Å². The maximum Gasteiger partial charge on any atom is 0.134 e. The van der Waals surface area contributed by atoms with E-state index >= 15 is 0 Å². The summed E-state index contributed by atoms with van der Waals surface area (Å²) in [6.45, 7) is 3.72. The van der Waals surface area contributed by atoms with E-state index in [4.69, 9.17) is 0 Å². The van der Waals surface area contributed by atoms with E-state index in [0.717, 1.165) is 12.0 Å². The van der Waals surface area contributed by atoms with Gasteiger partial charge in [-0.15, -0.1) is 0 Å². The lowest BCUT2D eigenvalue weighted by atomic mass is 10.1. The fraction of sp³-hybridized carbons (Fsp3) is 0.364. The Morgan fingerprint density at radius 1 is 1.50 bits per heavy atom. The van der Waals surface area contributed by atoms with Crippen molar-refractivity contribution >= 4 is 5.78 Å². The normalized spacial score (nSPS) is 16.5. The van der Waals surface area contributed by atoms with Gasteiger partial charge in [0.25, 0.3) is 0 Å². The third-order valence-electron chi connectivity index (χ3n) is 1.81. The molecule has 0 unspecified atom stereocenters. The predicted octanol–water partition coefficient (Wildman–Crippen LogP) is 2.80. The molecule has 1 heteroatoms. The summed E-state index contributed by atoms with van der Waals surface area (Å²) in [6, 6.07) is 0. The van der Waals surface area contributed by atoms with Crippen LogP contribution < -0.4 is 0 Å². The SMILES string of the molecule is CC(=O)CC1=CC=C(C)CC=C1. The van der Waals surface area contributed by atoms with E-state index in [1.54, 1.807) is 6.92 Å². The van der Waals surface area contributed by atoms with Gasteiger partial charge in [0.15, 0.2) is 0 Å². The average Bonchev–Trinajstić information content (AvgIpc) is 2.15. The zero-order chi connectivity index (χ0) is 8.97. The molecule has 0 bridgehead atoms. The predicted molar refractivity (Wildman–Crippen MR) is 50.9 cm³/mol. The van der Waals surface area contributed by atoms with Crippen molar-refractivity contribution in [1.82, 2.24) is 0 Å². The fourth-order valence-electron chi connectivity index (χ4n) is 1.17. The summed E-state index contributed by atoms with van der Waals surface area (Å²) in [5, 5.41) is 0. The van der Waals surface area contributed by atoms with Gasteiger partial charge in [-0.05, 0) is 25.8 Å². The summed E-state index contributed by atoms with van der Waals surface area (Å²) in [6.07, 6.45) is 9.80. The monoisotopic (exact) mass is 162 g/mol. The van der Waals surface area contributed by atoms with Crippen LogP contribution in [0.3, 0.4) is 0 Å². The van der Waals surface area contributed by atoms with Crippen LogP contribution in [-0.2, 0) is 4.79 Å². The first-order valence-corrected chi connectivity index (χ1v) is 4.21. The lowest BCUT2D eigenvalue weighted by molar-refractivity contribution is -0.116. The van der Waals surface area contributed by atoms with Crippen molar-refractivity contribution in [2.45, 2.75) is 26.7 Å². The van der Waals surface area contributed by atoms with Crippen LogP contribution in [0.1, 0.15) is 26.7 Å². The van der Waals surface area contributed by atoms with Crippen LogP contribution in [0.15, 0.2) is 35.5 Å². The molecule has 1 rings (SSSR count). The van der Waals surface area contributed by atoms with E-state index in [2.05, 4.69) is 19.1 Å². The standard InChI is InChI=1S/C11H14O/c1-9-4-3-5-11(7-6-9)8-10(2)12/h3,5-7H,4,8H2,1-2H3. The smallest absolute Gasteiger partial charge is 0.134 e. The maximum atomic E-state index is 10.8. The molecule has 0 aromatic carbocycles. The zero-order valence-electron chi connectivity index (χ0n) is 7.63. The third-order valence-corrected chi connectivity index (χ3v) is 1.81. The molecule has 1 nitrogen and oxygen atoms in total. The van der Waals surface area contributed by atoms with Crippen LogP contribution in [0.25, 0.3) is 0 Å². The van der Waals surface area contributed by atoms with Gasteiger partial charge in [0.2, 0.25) is 0 Å². The van der Waals surface area contributed by atoms with E-state index in [0.29, 0.717) is 6.42 Å². The summed E-state index contributed by atoms with van der Waals surface area (Å²) in [5.41, 5.74) is 2.45. The van der Waals surface area contributed by atoms with E-state index < -0.39 is 0 Å². The molecule has 0 aliphatic heterocycles. The van der Waals surface area contributed by atoms with Gasteiger partial charge in [0.05, 0.1) is 0 Å². The Bertz CT molecular complexity index is 267. The van der Waals surface area contributed by atoms with Crippen LogP contribution in [-0.4, -0.2) is 5.78 Å². The molecule has 12 heavy (non-hydrogen) atoms. The Labute approximate surface area is 73.5 Å². The molecule has 0 radical (unpaired) electrons. The molecule has 0 N–H and O–H groups in total. The number of allylic oxidation sites excluding steroid dienone is 6. The molecule has 0 amide bonds. The molecular formula is C11H14O. The fourth-order valence-corrected chi connectivity index (χ4v) is 1.17. The highest BCUT2D eigenvalue weighted by atomic mass is 16.1. The average molecular weight is 162 g/mol. The highest BCUT2D eigenvalue weighted by molar-refractivity contribution is 5.78. The summed E-state index contributed by atoms with van der Waals surface area (Å²) in [5.74, 6) is 0.221. The van der Waals surface area contributed by atoms with Crippen LogP contribution in [0.2, 0.25) is 0 Å². The van der Waals surface area contributed by atoms with Gasteiger partial charge < -0.3 is 0 Å². The van der Waals surface area contributed by atoms with Gasteiger partial charge in [0, 0.05) is 6.42 Å². The first-order valence-electron chi connectivity index (χ1n) is 4.21. The molecule has 0 atom stereocenters. The molecule has 64 valence electrons. The summed E-state index contributed by atoms with van der Waals surface area (Å²) < 4.78 is 0. The Kier molecular flexibility index (Phi) is 3.03. The second kappa shape index (κ2) is 4.05. The van der Waals surface area contributed by atoms with E-state index in [-0.39, 0.29) is 5.78 Å². The van der Waals surface area contributed by atoms with Crippen molar-refractivity contribution in [3.05, 3.63) is 35.5 Å². The Balaban J connectivity index is 2.70. The van der Waals surface area contributed by atoms with Gasteiger partial charge in [-0.1, -0.05) is 29.9 Å². The minimum Gasteiger partial charge on any atom is -0.300 e. The molecule has 0 saturated heterocycles. The molecule has 0 aromatic rings. The highest BCUT2D eigenvalue weighted by Gasteiger charge is 1.98. The van der Waals surface area contributed by atoms with Crippen molar-refractivity contribution < 1.29 is 4.79 Å². The molecule has 0 saturated carbocycles. The summed E-state index contributed by atoms with van der Waals surface area (Å²) in [4.78, 5) is 10.8. The Morgan fingerprint density at radius 2 is 2.25 bits per heavy atom. The molecule has 0 fully saturated rings. The summed E-state index contributed by atoms with van der Waals surface area (Å²) >= 11 is 0. The van der Waals surface area contributed by atoms with Gasteiger partial charge in [-0.2, -0.15) is 0 Å². The molecule has 0 heterocycles. The Hall–Kier alpha value is -1.11. The van der Waals surface area contributed by atoms with Crippen molar-refractivity contribution in [2.24, 2.45) is 0 Å². The molecular weight excluding hydrogens is 148 g/mol. The van der Waals surface area contributed by atoms with Crippen molar-refractivity contribution in [2.75, 3.05) is 0 Å². The minimum atomic E-state index is 0.221. The van der Waals surface area contributed by atoms with E-state index in [1.165, 1.54) is 5.57 Å². The van der Waals surface area contributed by atoms with Crippen LogP contribution >= 0.6 is 0 Å². The second-order valence-electron chi connectivity index (χ2n) is 3.24. The lowest BCUT2D eigenvalue weighted by Gasteiger charge is -1.94. The third kappa shape index (κ3) is 2.87. The number of hydrogen-bond acceptors (Lipinski definition) is 1. The van der Waals surface area contributed by atoms with Gasteiger partial charge >= 0.3 is 0 Å². The first-order chi connectivity index (χ1) is 5.68. The van der Waals surface area contributed by atoms with Crippen LogP contribution in [0, 0.1) is 0 Å². The van der Waals surface area contributed by atoms with Crippen molar-refractivity contribution in [1.29, 1.82) is 0 Å². The quantitative estimate of drug-likeness (QED) is 0.610. The molecule has 1 aliphatic carbocycles. The molecule has 0 aromatic heterocycles. The van der Waals surface area contributed by atoms with Crippen molar-refractivity contribution in [3.63, 3.8) is 0 Å². The largest absolute Gasteiger partial charge is 0.300 e. The minimum absolute atomic E-state index is 0.221. The maximum absolute atomic E-state index is 10.8. The molecule has 0 spiro atoms. The molecule has 1 aliphatic rings. The summed E-state index contributed by atoms with van der Waals surface area (Å²) in [7, 11) is 0. The van der Waals surface area contributed by atoms with Crippen LogP contribution in [0.4, 0.5) is 0 Å². The van der Waals surface area contributed by atoms with E-state index in [1.807, 2.05) is 12.2 Å². The number of rotatable bonds is 2. The Morgan fingerprint density at radius 3 is 2.92 bits per heavy atom. The van der Waals surface area contributed by atoms with Gasteiger partial charge in [-0.25, -0.2) is 0 Å². The van der Waals surface area contributed by atoms with E-state index in [9.17, 15) is 4.79 Å². The van der Waals surface area contributed by atoms with Gasteiger partial charge in [0.1, 0.15) is 5.78 Å².